The van der Waals surface area contributed by atoms with Gasteiger partial charge in [-0.3, -0.25) is 19.5 Å². The van der Waals surface area contributed by atoms with Gasteiger partial charge in [-0.2, -0.15) is 0 Å². The zero-order chi connectivity index (χ0) is 14.3. The van der Waals surface area contributed by atoms with E-state index >= 15 is 0 Å². The fourth-order valence-electron chi connectivity index (χ4n) is 2.01. The Morgan fingerprint density at radius 2 is 2.00 bits per heavy atom. The van der Waals surface area contributed by atoms with Gasteiger partial charge in [-0.1, -0.05) is 27.5 Å². The predicted molar refractivity (Wildman–Crippen MR) is 76.7 cm³/mol. The number of carbonyl (C=O) groups excluding carboxylic acids is 2. The van der Waals surface area contributed by atoms with Crippen molar-refractivity contribution < 1.29 is 9.59 Å². The first-order valence-corrected chi connectivity index (χ1v) is 6.85. The van der Waals surface area contributed by atoms with Crippen LogP contribution in [0.1, 0.15) is 16.1 Å². The summed E-state index contributed by atoms with van der Waals surface area (Å²) < 4.78 is 0.755. The smallest absolute Gasteiger partial charge is 0.299 e. The number of ketones is 1. The van der Waals surface area contributed by atoms with Gasteiger partial charge in [0.1, 0.15) is 5.15 Å². The Bertz CT molecular complexity index is 718. The van der Waals surface area contributed by atoms with Crippen LogP contribution < -0.4 is 4.90 Å². The summed E-state index contributed by atoms with van der Waals surface area (Å²) >= 11 is 8.95. The summed E-state index contributed by atoms with van der Waals surface area (Å²) in [6, 6.07) is 5.15. The van der Waals surface area contributed by atoms with Crippen molar-refractivity contribution >= 4 is 44.9 Å². The molecule has 3 rings (SSSR count). The number of halogens is 2. The zero-order valence-electron chi connectivity index (χ0n) is 10.0. The molecule has 2 aromatic rings. The molecular formula is C13H7BrClN3O2. The van der Waals surface area contributed by atoms with Crippen LogP contribution in [0.2, 0.25) is 5.15 Å². The fourth-order valence-corrected chi connectivity index (χ4v) is 2.47. The monoisotopic (exact) mass is 351 g/mol. The number of fused-ring (bicyclic) bond motifs is 1. The molecule has 0 fully saturated rings. The molecule has 1 aromatic carbocycles. The molecule has 1 aliphatic heterocycles. The van der Waals surface area contributed by atoms with E-state index in [1.165, 1.54) is 17.3 Å². The third-order valence-corrected chi connectivity index (χ3v) is 3.62. The van der Waals surface area contributed by atoms with Crippen LogP contribution in [0.5, 0.6) is 0 Å². The Hall–Kier alpha value is -1.79. The second kappa shape index (κ2) is 4.96. The number of anilines is 1. The van der Waals surface area contributed by atoms with Gasteiger partial charge in [0.25, 0.3) is 11.7 Å². The number of nitrogens with zero attached hydrogens (tertiary/aromatic N) is 3. The summed E-state index contributed by atoms with van der Waals surface area (Å²) in [7, 11) is 0. The summed E-state index contributed by atoms with van der Waals surface area (Å²) in [5.41, 5.74) is 1.54. The number of amides is 1. The SMILES string of the molecule is O=C1C(=O)N(Cc2cnc(Cl)cn2)c2ccc(Br)cc21. The summed E-state index contributed by atoms with van der Waals surface area (Å²) in [4.78, 5) is 33.3. The highest BCUT2D eigenvalue weighted by atomic mass is 79.9. The first kappa shape index (κ1) is 13.2. The largest absolute Gasteiger partial charge is 0.299 e. The highest BCUT2D eigenvalue weighted by molar-refractivity contribution is 9.10. The number of hydrogen-bond acceptors (Lipinski definition) is 4. The number of carbonyl (C=O) groups is 2. The van der Waals surface area contributed by atoms with Crippen LogP contribution >= 0.6 is 27.5 Å². The molecule has 100 valence electrons. The van der Waals surface area contributed by atoms with Crippen molar-refractivity contribution in [3.8, 4) is 0 Å². The number of Topliss-reactive ketones (excluding diaryl/α,β-unsaturated/α-hetero) is 1. The lowest BCUT2D eigenvalue weighted by molar-refractivity contribution is -0.114. The molecule has 0 spiro atoms. The second-order valence-electron chi connectivity index (χ2n) is 4.21. The van der Waals surface area contributed by atoms with E-state index in [2.05, 4.69) is 25.9 Å². The topological polar surface area (TPSA) is 63.2 Å². The van der Waals surface area contributed by atoms with Gasteiger partial charge in [-0.05, 0) is 18.2 Å². The van der Waals surface area contributed by atoms with Gasteiger partial charge in [0.2, 0.25) is 0 Å². The van der Waals surface area contributed by atoms with Gasteiger partial charge >= 0.3 is 0 Å². The molecule has 0 aliphatic carbocycles. The van der Waals surface area contributed by atoms with E-state index in [9.17, 15) is 9.59 Å². The molecule has 0 radical (unpaired) electrons. The van der Waals surface area contributed by atoms with Crippen molar-refractivity contribution in [2.45, 2.75) is 6.54 Å². The normalized spacial score (nSPS) is 13.8. The van der Waals surface area contributed by atoms with Gasteiger partial charge in [0.15, 0.2) is 0 Å². The third-order valence-electron chi connectivity index (χ3n) is 2.93. The zero-order valence-corrected chi connectivity index (χ0v) is 12.3. The average molecular weight is 353 g/mol. The van der Waals surface area contributed by atoms with Crippen LogP contribution in [-0.4, -0.2) is 21.7 Å². The predicted octanol–water partition coefficient (Wildman–Crippen LogP) is 2.62. The molecular weight excluding hydrogens is 346 g/mol. The molecule has 1 amide bonds. The first-order valence-electron chi connectivity index (χ1n) is 5.68. The molecule has 5 nitrogen and oxygen atoms in total. The number of aromatic nitrogens is 2. The number of benzene rings is 1. The summed E-state index contributed by atoms with van der Waals surface area (Å²) in [5, 5.41) is 0.280. The van der Waals surface area contributed by atoms with E-state index in [0.29, 0.717) is 16.9 Å². The van der Waals surface area contributed by atoms with Crippen molar-refractivity contribution in [1.29, 1.82) is 0 Å². The summed E-state index contributed by atoms with van der Waals surface area (Å²) in [6.45, 7) is 0.184. The minimum absolute atomic E-state index is 0.184. The minimum Gasteiger partial charge on any atom is -0.299 e. The summed E-state index contributed by atoms with van der Waals surface area (Å²) in [5.74, 6) is -1.07. The first-order chi connectivity index (χ1) is 9.56. The quantitative estimate of drug-likeness (QED) is 0.780. The van der Waals surface area contributed by atoms with Crippen molar-refractivity contribution in [2.24, 2.45) is 0 Å². The van der Waals surface area contributed by atoms with Crippen LogP contribution in [-0.2, 0) is 11.3 Å². The fraction of sp³-hybridized carbons (Fsp3) is 0.0769. The average Bonchev–Trinajstić information content (AvgIpc) is 2.66. The molecule has 1 aliphatic rings. The van der Waals surface area contributed by atoms with E-state index < -0.39 is 11.7 Å². The number of hydrogen-bond donors (Lipinski definition) is 0. The van der Waals surface area contributed by atoms with Crippen molar-refractivity contribution in [3.05, 3.63) is 51.5 Å². The maximum atomic E-state index is 12.0. The van der Waals surface area contributed by atoms with Crippen LogP contribution in [0.15, 0.2) is 35.1 Å². The molecule has 0 N–H and O–H groups in total. The highest BCUT2D eigenvalue weighted by Crippen LogP contribution is 2.32. The highest BCUT2D eigenvalue weighted by Gasteiger charge is 2.36. The van der Waals surface area contributed by atoms with Crippen molar-refractivity contribution in [1.82, 2.24) is 9.97 Å². The molecule has 0 bridgehead atoms. The molecule has 0 atom stereocenters. The Labute approximate surface area is 127 Å². The van der Waals surface area contributed by atoms with Crippen LogP contribution in [0.4, 0.5) is 5.69 Å². The van der Waals surface area contributed by atoms with E-state index in [0.717, 1.165) is 4.47 Å². The molecule has 0 unspecified atom stereocenters. The van der Waals surface area contributed by atoms with Gasteiger partial charge in [-0.15, -0.1) is 0 Å². The molecule has 0 saturated heterocycles. The van der Waals surface area contributed by atoms with Crippen LogP contribution in [0.3, 0.4) is 0 Å². The standard InChI is InChI=1S/C13H7BrClN3O2/c14-7-1-2-10-9(3-7)12(19)13(20)18(10)6-8-4-17-11(15)5-16-8/h1-5H,6H2. The van der Waals surface area contributed by atoms with E-state index in [1.807, 2.05) is 0 Å². The van der Waals surface area contributed by atoms with E-state index in [1.54, 1.807) is 18.2 Å². The second-order valence-corrected chi connectivity index (χ2v) is 5.52. The van der Waals surface area contributed by atoms with Crippen molar-refractivity contribution in [3.63, 3.8) is 0 Å². The van der Waals surface area contributed by atoms with Gasteiger partial charge in [0.05, 0.1) is 35.9 Å². The van der Waals surface area contributed by atoms with Crippen molar-refractivity contribution in [2.75, 3.05) is 4.90 Å². The summed E-state index contributed by atoms with van der Waals surface area (Å²) in [6.07, 6.45) is 2.89. The molecule has 0 saturated carbocycles. The van der Waals surface area contributed by atoms with Crippen LogP contribution in [0.25, 0.3) is 0 Å². The van der Waals surface area contributed by atoms with Gasteiger partial charge in [-0.25, -0.2) is 4.98 Å². The van der Waals surface area contributed by atoms with E-state index in [-0.39, 0.29) is 11.7 Å². The minimum atomic E-state index is -0.560. The van der Waals surface area contributed by atoms with Gasteiger partial charge in [0, 0.05) is 4.47 Å². The van der Waals surface area contributed by atoms with E-state index in [4.69, 9.17) is 11.6 Å². The lowest BCUT2D eigenvalue weighted by Gasteiger charge is -2.15. The van der Waals surface area contributed by atoms with Crippen LogP contribution in [0, 0.1) is 0 Å². The Morgan fingerprint density at radius 1 is 1.20 bits per heavy atom. The molecule has 1 aromatic heterocycles. The lowest BCUT2D eigenvalue weighted by Crippen LogP contribution is -2.29. The molecule has 20 heavy (non-hydrogen) atoms. The Kier molecular flexibility index (Phi) is 3.27. The molecule has 7 heteroatoms. The molecule has 2 heterocycles. The maximum Gasteiger partial charge on any atom is 0.299 e. The Morgan fingerprint density at radius 3 is 2.70 bits per heavy atom. The third kappa shape index (κ3) is 2.21. The number of rotatable bonds is 2. The maximum absolute atomic E-state index is 12.0. The van der Waals surface area contributed by atoms with Gasteiger partial charge < -0.3 is 0 Å². The Balaban J connectivity index is 1.97. The lowest BCUT2D eigenvalue weighted by atomic mass is 10.1.